The molecule has 1 aliphatic rings. The predicted molar refractivity (Wildman–Crippen MR) is 36.1 cm³/mol. The van der Waals surface area contributed by atoms with Gasteiger partial charge in [0, 0.05) is 6.54 Å². The summed E-state index contributed by atoms with van der Waals surface area (Å²) in [6, 6.07) is 0. The molecule has 0 aromatic rings. The second-order valence-electron chi connectivity index (χ2n) is 2.02. The quantitative estimate of drug-likeness (QED) is 0.438. The molecule has 0 aliphatic carbocycles. The van der Waals surface area contributed by atoms with Crippen LogP contribution in [0.15, 0.2) is 0 Å². The van der Waals surface area contributed by atoms with Crippen molar-refractivity contribution in [1.29, 1.82) is 0 Å². The van der Waals surface area contributed by atoms with Crippen LogP contribution in [0, 0.1) is 0 Å². The first-order valence-electron chi connectivity index (χ1n) is 2.78. The van der Waals surface area contributed by atoms with Crippen LogP contribution in [-0.4, -0.2) is 24.2 Å². The van der Waals surface area contributed by atoms with Crippen LogP contribution < -0.4 is 5.32 Å². The van der Waals surface area contributed by atoms with Crippen LogP contribution in [0.5, 0.6) is 0 Å². The van der Waals surface area contributed by atoms with Gasteiger partial charge in [-0.1, -0.05) is 15.9 Å². The summed E-state index contributed by atoms with van der Waals surface area (Å²) in [5.74, 6) is 0. The normalized spacial score (nSPS) is 39.8. The lowest BCUT2D eigenvalue weighted by Crippen LogP contribution is -2.41. The summed E-state index contributed by atoms with van der Waals surface area (Å²) in [6.07, 6.45) is 0.379. The van der Waals surface area contributed by atoms with Crippen molar-refractivity contribution in [3.8, 4) is 0 Å². The molecular formula is C5H10BrNO. The van der Waals surface area contributed by atoms with Gasteiger partial charge in [-0.3, -0.25) is 0 Å². The van der Waals surface area contributed by atoms with Crippen molar-refractivity contribution in [2.75, 3.05) is 13.2 Å². The third kappa shape index (κ3) is 1.73. The fourth-order valence-corrected chi connectivity index (χ4v) is 1.000. The van der Waals surface area contributed by atoms with E-state index in [4.69, 9.17) is 4.74 Å². The van der Waals surface area contributed by atoms with E-state index in [0.29, 0.717) is 11.1 Å². The number of hydrogen-bond donors (Lipinski definition) is 1. The fourth-order valence-electron chi connectivity index (χ4n) is 0.660. The Morgan fingerprint density at radius 2 is 2.50 bits per heavy atom. The van der Waals surface area contributed by atoms with E-state index in [1.165, 1.54) is 0 Å². The molecule has 3 heteroatoms. The van der Waals surface area contributed by atoms with E-state index < -0.39 is 0 Å². The Morgan fingerprint density at radius 1 is 1.75 bits per heavy atom. The summed E-state index contributed by atoms with van der Waals surface area (Å²) in [4.78, 5) is 0.360. The zero-order valence-corrected chi connectivity index (χ0v) is 6.44. The highest BCUT2D eigenvalue weighted by Crippen LogP contribution is 2.03. The van der Waals surface area contributed by atoms with Crippen molar-refractivity contribution < 1.29 is 4.74 Å². The zero-order chi connectivity index (χ0) is 5.98. The highest BCUT2D eigenvalue weighted by Gasteiger charge is 2.13. The largest absolute Gasteiger partial charge is 0.375 e. The number of halogens is 1. The molecule has 1 N–H and O–H groups in total. The number of rotatable bonds is 0. The number of hydrogen-bond acceptors (Lipinski definition) is 2. The van der Waals surface area contributed by atoms with Crippen LogP contribution in [-0.2, 0) is 4.74 Å². The van der Waals surface area contributed by atoms with Crippen molar-refractivity contribution in [3.63, 3.8) is 0 Å². The molecule has 0 spiro atoms. The molecule has 1 fully saturated rings. The van der Waals surface area contributed by atoms with Crippen LogP contribution in [0.25, 0.3) is 0 Å². The molecule has 48 valence electrons. The third-order valence-corrected chi connectivity index (χ3v) is 1.74. The molecule has 0 aromatic carbocycles. The topological polar surface area (TPSA) is 21.3 Å². The minimum absolute atomic E-state index is 0.360. The number of ether oxygens (including phenoxy) is 1. The summed E-state index contributed by atoms with van der Waals surface area (Å²) < 4.78 is 5.28. The maximum absolute atomic E-state index is 5.28. The second kappa shape index (κ2) is 2.80. The zero-order valence-electron chi connectivity index (χ0n) is 4.86. The van der Waals surface area contributed by atoms with Gasteiger partial charge in [-0.05, 0) is 6.92 Å². The Labute approximate surface area is 57.7 Å². The molecule has 1 aliphatic heterocycles. The van der Waals surface area contributed by atoms with Crippen molar-refractivity contribution in [2.45, 2.75) is 18.0 Å². The number of nitrogens with one attached hydrogen (secondary N) is 1. The SMILES string of the molecule is CC1CNC(Br)CO1. The molecule has 0 radical (unpaired) electrons. The maximum atomic E-state index is 5.28. The van der Waals surface area contributed by atoms with E-state index in [9.17, 15) is 0 Å². The first kappa shape index (κ1) is 6.52. The van der Waals surface area contributed by atoms with E-state index in [2.05, 4.69) is 28.2 Å². The monoisotopic (exact) mass is 179 g/mol. The van der Waals surface area contributed by atoms with Gasteiger partial charge in [-0.2, -0.15) is 0 Å². The van der Waals surface area contributed by atoms with Crippen LogP contribution in [0.3, 0.4) is 0 Å². The lowest BCUT2D eigenvalue weighted by molar-refractivity contribution is 0.0352. The first-order valence-corrected chi connectivity index (χ1v) is 3.69. The molecule has 2 nitrogen and oxygen atoms in total. The highest BCUT2D eigenvalue weighted by molar-refractivity contribution is 9.09. The van der Waals surface area contributed by atoms with Crippen molar-refractivity contribution in [1.82, 2.24) is 5.32 Å². The fraction of sp³-hybridized carbons (Fsp3) is 1.00. The number of alkyl halides is 1. The van der Waals surface area contributed by atoms with Gasteiger partial charge < -0.3 is 10.1 Å². The Bertz CT molecular complexity index is 60.8. The van der Waals surface area contributed by atoms with Crippen molar-refractivity contribution in [3.05, 3.63) is 0 Å². The van der Waals surface area contributed by atoms with Crippen LogP contribution in [0.2, 0.25) is 0 Å². The molecule has 0 bridgehead atoms. The van der Waals surface area contributed by atoms with Crippen LogP contribution in [0.4, 0.5) is 0 Å². The smallest absolute Gasteiger partial charge is 0.0868 e. The summed E-state index contributed by atoms with van der Waals surface area (Å²) >= 11 is 3.38. The third-order valence-electron chi connectivity index (χ3n) is 1.15. The van der Waals surface area contributed by atoms with Gasteiger partial charge in [0.05, 0.1) is 17.7 Å². The molecule has 1 rings (SSSR count). The van der Waals surface area contributed by atoms with Gasteiger partial charge in [0.2, 0.25) is 0 Å². The van der Waals surface area contributed by atoms with E-state index in [-0.39, 0.29) is 0 Å². The lowest BCUT2D eigenvalue weighted by Gasteiger charge is -2.23. The molecule has 2 unspecified atom stereocenters. The van der Waals surface area contributed by atoms with E-state index >= 15 is 0 Å². The van der Waals surface area contributed by atoms with Gasteiger partial charge in [-0.25, -0.2) is 0 Å². The molecule has 1 saturated heterocycles. The minimum Gasteiger partial charge on any atom is -0.375 e. The predicted octanol–water partition coefficient (Wildman–Crippen LogP) is 0.716. The van der Waals surface area contributed by atoms with E-state index in [1.807, 2.05) is 0 Å². The maximum Gasteiger partial charge on any atom is 0.0868 e. The van der Waals surface area contributed by atoms with E-state index in [1.54, 1.807) is 0 Å². The van der Waals surface area contributed by atoms with Gasteiger partial charge in [0.1, 0.15) is 0 Å². The summed E-state index contributed by atoms with van der Waals surface area (Å²) in [7, 11) is 0. The molecule has 1 heterocycles. The number of morpholine rings is 1. The second-order valence-corrected chi connectivity index (χ2v) is 3.13. The van der Waals surface area contributed by atoms with Gasteiger partial charge >= 0.3 is 0 Å². The Hall–Kier alpha value is 0.400. The molecule has 0 aromatic heterocycles. The first-order chi connectivity index (χ1) is 3.79. The Kier molecular flexibility index (Phi) is 2.28. The average Bonchev–Trinajstić information content (AvgIpc) is 1.77. The molecule has 0 amide bonds. The molecular weight excluding hydrogens is 170 g/mol. The molecule has 2 atom stereocenters. The highest BCUT2D eigenvalue weighted by atomic mass is 79.9. The van der Waals surface area contributed by atoms with Crippen LogP contribution in [0.1, 0.15) is 6.92 Å². The van der Waals surface area contributed by atoms with Crippen molar-refractivity contribution >= 4 is 15.9 Å². The summed E-state index contributed by atoms with van der Waals surface area (Å²) in [5.41, 5.74) is 0. The van der Waals surface area contributed by atoms with E-state index in [0.717, 1.165) is 13.2 Å². The average molecular weight is 180 g/mol. The standard InChI is InChI=1S/C5H10BrNO/c1-4-2-7-5(6)3-8-4/h4-5,7H,2-3H2,1H3. The molecule has 8 heavy (non-hydrogen) atoms. The summed E-state index contributed by atoms with van der Waals surface area (Å²) in [5, 5.41) is 3.22. The van der Waals surface area contributed by atoms with Gasteiger partial charge in [0.15, 0.2) is 0 Å². The van der Waals surface area contributed by atoms with Crippen LogP contribution >= 0.6 is 15.9 Å². The van der Waals surface area contributed by atoms with Crippen molar-refractivity contribution in [2.24, 2.45) is 0 Å². The van der Waals surface area contributed by atoms with Gasteiger partial charge in [0.25, 0.3) is 0 Å². The summed E-state index contributed by atoms with van der Waals surface area (Å²) in [6.45, 7) is 3.79. The Balaban J connectivity index is 2.19. The Morgan fingerprint density at radius 3 is 2.88 bits per heavy atom. The minimum atomic E-state index is 0.360. The lowest BCUT2D eigenvalue weighted by atomic mass is 10.3. The molecule has 0 saturated carbocycles. The van der Waals surface area contributed by atoms with Gasteiger partial charge in [-0.15, -0.1) is 0 Å².